The molecule has 4 heterocycles. The predicted octanol–water partition coefficient (Wildman–Crippen LogP) is 5.66. The van der Waals surface area contributed by atoms with E-state index in [1.807, 2.05) is 42.6 Å². The number of ether oxygens (including phenoxy) is 1. The quantitative estimate of drug-likeness (QED) is 0.380. The number of hydrogen-bond donors (Lipinski definition) is 0. The van der Waals surface area contributed by atoms with Crippen LogP contribution in [0.5, 0.6) is 5.75 Å². The van der Waals surface area contributed by atoms with Crippen LogP contribution in [0.2, 0.25) is 0 Å². The Morgan fingerprint density at radius 3 is 2.65 bits per heavy atom. The number of benzene rings is 2. The highest BCUT2D eigenvalue weighted by atomic mass is 35.5. The first kappa shape index (κ1) is 24.1. The summed E-state index contributed by atoms with van der Waals surface area (Å²) < 4.78 is 9.88. The molecule has 0 amide bonds. The lowest BCUT2D eigenvalue weighted by Crippen LogP contribution is -2.31. The average molecular weight is 478 g/mol. The first-order valence-corrected chi connectivity index (χ1v) is 11.4. The van der Waals surface area contributed by atoms with Gasteiger partial charge in [0.2, 0.25) is 0 Å². The van der Waals surface area contributed by atoms with Gasteiger partial charge in [0.1, 0.15) is 12.4 Å². The van der Waals surface area contributed by atoms with Crippen LogP contribution in [0.1, 0.15) is 43.1 Å². The molecule has 2 aromatic heterocycles. The maximum atomic E-state index is 12.9. The summed E-state index contributed by atoms with van der Waals surface area (Å²) in [6, 6.07) is 20.4. The van der Waals surface area contributed by atoms with Crippen LogP contribution in [0.25, 0.3) is 16.6 Å². The van der Waals surface area contributed by atoms with Gasteiger partial charge in [0.05, 0.1) is 17.2 Å². The molecule has 0 saturated carbocycles. The monoisotopic (exact) mass is 477 g/mol. The van der Waals surface area contributed by atoms with Crippen molar-refractivity contribution in [3.8, 4) is 11.4 Å². The number of pyridine rings is 1. The van der Waals surface area contributed by atoms with Crippen LogP contribution in [0, 0.1) is 0 Å². The van der Waals surface area contributed by atoms with E-state index < -0.39 is 0 Å². The van der Waals surface area contributed by atoms with Crippen molar-refractivity contribution < 1.29 is 4.74 Å². The molecule has 1 fully saturated rings. The van der Waals surface area contributed by atoms with Gasteiger partial charge in [-0.1, -0.05) is 43.8 Å². The molecule has 2 aromatic carbocycles. The van der Waals surface area contributed by atoms with Crippen molar-refractivity contribution in [1.29, 1.82) is 0 Å². The Bertz CT molecular complexity index is 1360. The second-order valence-corrected chi connectivity index (χ2v) is 8.91. The maximum Gasteiger partial charge on any atom is 0.258 e. The van der Waals surface area contributed by atoms with Crippen molar-refractivity contribution in [1.82, 2.24) is 14.0 Å². The molecular formula is C28H32ClN3O2. The molecule has 2 aliphatic rings. The molecule has 6 heteroatoms. The first-order valence-electron chi connectivity index (χ1n) is 11.4. The van der Waals surface area contributed by atoms with Crippen LogP contribution in [-0.2, 0) is 20.1 Å². The Hall–Kier alpha value is -3.02. The van der Waals surface area contributed by atoms with Crippen LogP contribution in [0.3, 0.4) is 0 Å². The average Bonchev–Trinajstić information content (AvgIpc) is 3.41. The minimum Gasteiger partial charge on any atom is -0.489 e. The van der Waals surface area contributed by atoms with E-state index in [1.54, 1.807) is 10.6 Å². The zero-order valence-electron chi connectivity index (χ0n) is 18.7. The van der Waals surface area contributed by atoms with Gasteiger partial charge in [-0.2, -0.15) is 0 Å². The van der Waals surface area contributed by atoms with Crippen molar-refractivity contribution in [2.75, 3.05) is 13.1 Å². The Labute approximate surface area is 207 Å². The standard InChI is InChI=1S/C27H27N3O2.CH4.ClH/c1-28-25-16-20(9-10-22(25)23-12-14-29-13-5-8-24(29)27(23)28)30-15-11-21(17-26(30)31)32-18-19-6-3-2-4-7-19;;/h2-4,6-7,9-11,15-17,24H,5,8,12-14,18H2,1H3;1H4;1H. The highest BCUT2D eigenvalue weighted by Gasteiger charge is 2.34. The molecular weight excluding hydrogens is 446 g/mol. The second kappa shape index (κ2) is 9.69. The zero-order chi connectivity index (χ0) is 21.7. The molecule has 178 valence electrons. The molecule has 0 radical (unpaired) electrons. The normalized spacial score (nSPS) is 16.9. The third kappa shape index (κ3) is 4.04. The molecule has 4 aromatic rings. The molecule has 2 aliphatic heterocycles. The largest absolute Gasteiger partial charge is 0.489 e. The Morgan fingerprint density at radius 2 is 1.85 bits per heavy atom. The molecule has 0 bridgehead atoms. The Morgan fingerprint density at radius 1 is 1.03 bits per heavy atom. The molecule has 1 atom stereocenters. The van der Waals surface area contributed by atoms with E-state index in [9.17, 15) is 4.79 Å². The zero-order valence-corrected chi connectivity index (χ0v) is 19.6. The molecule has 1 unspecified atom stereocenters. The lowest BCUT2D eigenvalue weighted by atomic mass is 9.97. The molecule has 34 heavy (non-hydrogen) atoms. The lowest BCUT2D eigenvalue weighted by Gasteiger charge is -2.30. The van der Waals surface area contributed by atoms with E-state index in [4.69, 9.17) is 4.74 Å². The fraction of sp³-hybridized carbons (Fsp3) is 0.321. The molecule has 1 saturated heterocycles. The number of aryl methyl sites for hydroxylation is 1. The number of aromatic nitrogens is 2. The number of halogens is 1. The lowest BCUT2D eigenvalue weighted by molar-refractivity contribution is 0.236. The van der Waals surface area contributed by atoms with E-state index >= 15 is 0 Å². The van der Waals surface area contributed by atoms with Crippen LogP contribution in [0.4, 0.5) is 0 Å². The summed E-state index contributed by atoms with van der Waals surface area (Å²) in [5.74, 6) is 0.590. The highest BCUT2D eigenvalue weighted by molar-refractivity contribution is 5.88. The second-order valence-electron chi connectivity index (χ2n) is 8.91. The van der Waals surface area contributed by atoms with Gasteiger partial charge in [0, 0.05) is 36.9 Å². The van der Waals surface area contributed by atoms with Gasteiger partial charge < -0.3 is 9.30 Å². The van der Waals surface area contributed by atoms with Gasteiger partial charge in [-0.05, 0) is 55.1 Å². The number of nitrogens with zero attached hydrogens (tertiary/aromatic N) is 3. The van der Waals surface area contributed by atoms with Crippen LogP contribution < -0.4 is 10.3 Å². The van der Waals surface area contributed by atoms with Crippen LogP contribution in [-0.4, -0.2) is 27.1 Å². The van der Waals surface area contributed by atoms with E-state index in [0.717, 1.165) is 24.2 Å². The number of hydrogen-bond acceptors (Lipinski definition) is 3. The third-order valence-corrected chi connectivity index (χ3v) is 7.08. The maximum absolute atomic E-state index is 12.9. The molecule has 0 aliphatic carbocycles. The first-order chi connectivity index (χ1) is 15.7. The van der Waals surface area contributed by atoms with Crippen molar-refractivity contribution in [2.45, 2.75) is 39.3 Å². The third-order valence-electron chi connectivity index (χ3n) is 7.08. The van der Waals surface area contributed by atoms with Gasteiger partial charge in [-0.15, -0.1) is 12.4 Å². The van der Waals surface area contributed by atoms with Crippen molar-refractivity contribution in [3.05, 3.63) is 94.0 Å². The summed E-state index contributed by atoms with van der Waals surface area (Å²) in [5.41, 5.74) is 6.05. The van der Waals surface area contributed by atoms with Crippen molar-refractivity contribution in [2.24, 2.45) is 7.05 Å². The van der Waals surface area contributed by atoms with Crippen molar-refractivity contribution in [3.63, 3.8) is 0 Å². The van der Waals surface area contributed by atoms with Gasteiger partial charge in [0.25, 0.3) is 5.56 Å². The Balaban J connectivity index is 0.00000137. The SMILES string of the molecule is C.Cl.Cn1c2c(c3ccc(-n4ccc(OCc5ccccc5)cc4=O)cc31)CCN1CCCC21. The predicted molar refractivity (Wildman–Crippen MR) is 141 cm³/mol. The highest BCUT2D eigenvalue weighted by Crippen LogP contribution is 2.41. The topological polar surface area (TPSA) is 39.4 Å². The summed E-state index contributed by atoms with van der Waals surface area (Å²) >= 11 is 0. The number of rotatable bonds is 4. The summed E-state index contributed by atoms with van der Waals surface area (Å²) in [4.78, 5) is 15.5. The van der Waals surface area contributed by atoms with Crippen LogP contribution >= 0.6 is 12.4 Å². The van der Waals surface area contributed by atoms with E-state index in [2.05, 4.69) is 34.7 Å². The summed E-state index contributed by atoms with van der Waals surface area (Å²) in [6.45, 7) is 2.82. The molecule has 0 N–H and O–H groups in total. The molecule has 6 rings (SSSR count). The van der Waals surface area contributed by atoms with Crippen molar-refractivity contribution >= 4 is 23.3 Å². The smallest absolute Gasteiger partial charge is 0.258 e. The number of fused-ring (bicyclic) bond motifs is 5. The molecule has 0 spiro atoms. The summed E-state index contributed by atoms with van der Waals surface area (Å²) in [5, 5.41) is 1.33. The van der Waals surface area contributed by atoms with Crippen LogP contribution in [0.15, 0.2) is 71.7 Å². The minimum atomic E-state index is -0.0872. The Kier molecular flexibility index (Phi) is 6.87. The fourth-order valence-corrected chi connectivity index (χ4v) is 5.52. The van der Waals surface area contributed by atoms with Gasteiger partial charge in [-0.3, -0.25) is 14.3 Å². The van der Waals surface area contributed by atoms with E-state index in [1.165, 1.54) is 41.5 Å². The summed E-state index contributed by atoms with van der Waals surface area (Å²) in [6.07, 6.45) is 5.44. The van der Waals surface area contributed by atoms with E-state index in [0.29, 0.717) is 18.4 Å². The van der Waals surface area contributed by atoms with Gasteiger partial charge >= 0.3 is 0 Å². The minimum absolute atomic E-state index is 0. The van der Waals surface area contributed by atoms with Gasteiger partial charge in [-0.25, -0.2) is 0 Å². The molecule has 5 nitrogen and oxygen atoms in total. The van der Waals surface area contributed by atoms with E-state index in [-0.39, 0.29) is 25.4 Å². The fourth-order valence-electron chi connectivity index (χ4n) is 5.52. The van der Waals surface area contributed by atoms with Gasteiger partial charge in [0.15, 0.2) is 0 Å². The summed E-state index contributed by atoms with van der Waals surface area (Å²) in [7, 11) is 2.18.